The largest absolute Gasteiger partial charge is 0.335 e. The number of hydrogen-bond acceptors (Lipinski definition) is 1. The van der Waals surface area contributed by atoms with Gasteiger partial charge in [0, 0.05) is 18.7 Å². The summed E-state index contributed by atoms with van der Waals surface area (Å²) in [6.07, 6.45) is 9.03. The van der Waals surface area contributed by atoms with Gasteiger partial charge in [-0.3, -0.25) is 4.79 Å². The van der Waals surface area contributed by atoms with Crippen molar-refractivity contribution in [2.75, 3.05) is 7.05 Å². The molecule has 0 bridgehead atoms. The summed E-state index contributed by atoms with van der Waals surface area (Å²) in [5.41, 5.74) is 0.771. The van der Waals surface area contributed by atoms with Gasteiger partial charge in [-0.15, -0.1) is 0 Å². The maximum Gasteiger partial charge on any atom is 0.254 e. The summed E-state index contributed by atoms with van der Waals surface area (Å²) in [6, 6.07) is 9.75. The van der Waals surface area contributed by atoms with Crippen molar-refractivity contribution in [3.8, 4) is 0 Å². The normalized spacial score (nSPS) is 19.7. The van der Waals surface area contributed by atoms with Gasteiger partial charge in [-0.05, 0) is 31.4 Å². The molecule has 17 heavy (non-hydrogen) atoms. The van der Waals surface area contributed by atoms with Crippen molar-refractivity contribution in [3.05, 3.63) is 48.0 Å². The van der Waals surface area contributed by atoms with Crippen LogP contribution in [0.1, 0.15) is 36.0 Å². The third-order valence-electron chi connectivity index (χ3n) is 3.32. The topological polar surface area (TPSA) is 20.3 Å². The molecular weight excluding hydrogens is 210 g/mol. The molecule has 90 valence electrons. The van der Waals surface area contributed by atoms with Gasteiger partial charge in [-0.25, -0.2) is 0 Å². The summed E-state index contributed by atoms with van der Waals surface area (Å²) in [5.74, 6) is 0.113. The highest BCUT2D eigenvalue weighted by atomic mass is 16.2. The molecule has 0 aliphatic heterocycles. The number of allylic oxidation sites excluding steroid dienone is 1. The maximum absolute atomic E-state index is 12.2. The van der Waals surface area contributed by atoms with E-state index in [9.17, 15) is 4.79 Å². The molecule has 2 rings (SSSR count). The molecule has 1 aromatic rings. The Kier molecular flexibility index (Phi) is 3.97. The van der Waals surface area contributed by atoms with Crippen molar-refractivity contribution in [1.82, 2.24) is 4.90 Å². The summed E-state index contributed by atoms with van der Waals surface area (Å²) in [5, 5.41) is 0. The minimum Gasteiger partial charge on any atom is -0.335 e. The SMILES string of the molecule is CN(C(=O)c1ccccc1)C1C=CCCCC1. The number of benzene rings is 1. The quantitative estimate of drug-likeness (QED) is 0.713. The van der Waals surface area contributed by atoms with Gasteiger partial charge in [0.25, 0.3) is 5.91 Å². The molecule has 0 saturated heterocycles. The monoisotopic (exact) mass is 229 g/mol. The van der Waals surface area contributed by atoms with Crippen LogP contribution in [-0.4, -0.2) is 23.9 Å². The molecule has 1 unspecified atom stereocenters. The van der Waals surface area contributed by atoms with Crippen LogP contribution in [0, 0.1) is 0 Å². The number of hydrogen-bond donors (Lipinski definition) is 0. The van der Waals surface area contributed by atoms with Gasteiger partial charge in [-0.2, -0.15) is 0 Å². The summed E-state index contributed by atoms with van der Waals surface area (Å²) in [4.78, 5) is 14.1. The Balaban J connectivity index is 2.09. The lowest BCUT2D eigenvalue weighted by Gasteiger charge is -2.25. The van der Waals surface area contributed by atoms with Crippen LogP contribution in [0.25, 0.3) is 0 Å². The minimum absolute atomic E-state index is 0.113. The van der Waals surface area contributed by atoms with Crippen molar-refractivity contribution >= 4 is 5.91 Å². The molecule has 0 fully saturated rings. The Labute approximate surface area is 103 Å². The van der Waals surface area contributed by atoms with Crippen LogP contribution in [0.3, 0.4) is 0 Å². The van der Waals surface area contributed by atoms with Crippen molar-refractivity contribution in [3.63, 3.8) is 0 Å². The predicted molar refractivity (Wildman–Crippen MR) is 69.9 cm³/mol. The summed E-state index contributed by atoms with van der Waals surface area (Å²) < 4.78 is 0. The number of carbonyl (C=O) groups is 1. The number of nitrogens with zero attached hydrogens (tertiary/aromatic N) is 1. The van der Waals surface area contributed by atoms with E-state index in [1.165, 1.54) is 12.8 Å². The van der Waals surface area contributed by atoms with E-state index in [0.29, 0.717) is 0 Å². The van der Waals surface area contributed by atoms with E-state index in [-0.39, 0.29) is 11.9 Å². The molecule has 2 heteroatoms. The van der Waals surface area contributed by atoms with E-state index in [2.05, 4.69) is 12.2 Å². The van der Waals surface area contributed by atoms with E-state index in [4.69, 9.17) is 0 Å². The third-order valence-corrected chi connectivity index (χ3v) is 3.32. The second kappa shape index (κ2) is 5.67. The van der Waals surface area contributed by atoms with E-state index < -0.39 is 0 Å². The molecule has 0 heterocycles. The Morgan fingerprint density at radius 2 is 2.00 bits per heavy atom. The Bertz CT molecular complexity index is 397. The maximum atomic E-state index is 12.2. The zero-order valence-corrected chi connectivity index (χ0v) is 10.3. The molecule has 0 saturated carbocycles. The Hall–Kier alpha value is -1.57. The average Bonchev–Trinajstić information content (AvgIpc) is 2.67. The first-order chi connectivity index (χ1) is 8.29. The lowest BCUT2D eigenvalue weighted by atomic mass is 10.1. The molecule has 0 radical (unpaired) electrons. The van der Waals surface area contributed by atoms with Gasteiger partial charge in [0.15, 0.2) is 0 Å². The van der Waals surface area contributed by atoms with Crippen LogP contribution >= 0.6 is 0 Å². The van der Waals surface area contributed by atoms with E-state index in [1.54, 1.807) is 0 Å². The summed E-state index contributed by atoms with van der Waals surface area (Å²) >= 11 is 0. The van der Waals surface area contributed by atoms with Crippen LogP contribution in [-0.2, 0) is 0 Å². The Morgan fingerprint density at radius 3 is 2.76 bits per heavy atom. The predicted octanol–water partition coefficient (Wildman–Crippen LogP) is 3.26. The molecule has 1 atom stereocenters. The lowest BCUT2D eigenvalue weighted by molar-refractivity contribution is 0.0754. The van der Waals surface area contributed by atoms with Crippen LogP contribution in [0.4, 0.5) is 0 Å². The van der Waals surface area contributed by atoms with Crippen molar-refractivity contribution in [1.29, 1.82) is 0 Å². The van der Waals surface area contributed by atoms with Crippen LogP contribution < -0.4 is 0 Å². The standard InChI is InChI=1S/C15H19NO/c1-16(14-11-7-2-3-8-12-14)15(17)13-9-5-4-6-10-13/h4-7,9-11,14H,2-3,8,12H2,1H3. The molecular formula is C15H19NO. The molecule has 0 N–H and O–H groups in total. The highest BCUT2D eigenvalue weighted by Gasteiger charge is 2.19. The van der Waals surface area contributed by atoms with Crippen molar-refractivity contribution in [2.45, 2.75) is 31.7 Å². The first-order valence-electron chi connectivity index (χ1n) is 6.28. The smallest absolute Gasteiger partial charge is 0.254 e. The van der Waals surface area contributed by atoms with Crippen LogP contribution in [0.2, 0.25) is 0 Å². The van der Waals surface area contributed by atoms with Gasteiger partial charge in [0.1, 0.15) is 0 Å². The van der Waals surface area contributed by atoms with Gasteiger partial charge < -0.3 is 4.90 Å². The molecule has 0 spiro atoms. The van der Waals surface area contributed by atoms with Crippen LogP contribution in [0.5, 0.6) is 0 Å². The van der Waals surface area contributed by atoms with Crippen molar-refractivity contribution < 1.29 is 4.79 Å². The third kappa shape index (κ3) is 2.96. The van der Waals surface area contributed by atoms with E-state index >= 15 is 0 Å². The summed E-state index contributed by atoms with van der Waals surface area (Å²) in [6.45, 7) is 0. The molecule has 1 amide bonds. The van der Waals surface area contributed by atoms with Crippen molar-refractivity contribution in [2.24, 2.45) is 0 Å². The summed E-state index contributed by atoms with van der Waals surface area (Å²) in [7, 11) is 1.90. The zero-order valence-electron chi connectivity index (χ0n) is 10.3. The number of carbonyl (C=O) groups excluding carboxylic acids is 1. The van der Waals surface area contributed by atoms with E-state index in [1.807, 2.05) is 42.3 Å². The lowest BCUT2D eigenvalue weighted by Crippen LogP contribution is -2.35. The fourth-order valence-electron chi connectivity index (χ4n) is 2.22. The first-order valence-corrected chi connectivity index (χ1v) is 6.28. The second-order valence-electron chi connectivity index (χ2n) is 4.56. The Morgan fingerprint density at radius 1 is 1.24 bits per heavy atom. The van der Waals surface area contributed by atoms with E-state index in [0.717, 1.165) is 18.4 Å². The molecule has 2 nitrogen and oxygen atoms in total. The molecule has 1 aromatic carbocycles. The number of amides is 1. The number of rotatable bonds is 2. The highest BCUT2D eigenvalue weighted by molar-refractivity contribution is 5.94. The fraction of sp³-hybridized carbons (Fsp3) is 0.400. The molecule has 0 aromatic heterocycles. The average molecular weight is 229 g/mol. The minimum atomic E-state index is 0.113. The number of likely N-dealkylation sites (N-methyl/N-ethyl adjacent to an activating group) is 1. The second-order valence-corrected chi connectivity index (χ2v) is 4.56. The van der Waals surface area contributed by atoms with Gasteiger partial charge in [0.05, 0.1) is 0 Å². The van der Waals surface area contributed by atoms with Gasteiger partial charge in [0.2, 0.25) is 0 Å². The van der Waals surface area contributed by atoms with Gasteiger partial charge >= 0.3 is 0 Å². The molecule has 1 aliphatic carbocycles. The fourth-order valence-corrected chi connectivity index (χ4v) is 2.22. The van der Waals surface area contributed by atoms with Gasteiger partial charge in [-0.1, -0.05) is 36.8 Å². The highest BCUT2D eigenvalue weighted by Crippen LogP contribution is 2.17. The molecule has 1 aliphatic rings. The first kappa shape index (κ1) is 11.9. The zero-order chi connectivity index (χ0) is 12.1. The van der Waals surface area contributed by atoms with Crippen LogP contribution in [0.15, 0.2) is 42.5 Å².